The summed E-state index contributed by atoms with van der Waals surface area (Å²) in [7, 11) is 0. The number of nitriles is 1. The molecule has 0 aliphatic heterocycles. The Balaban J connectivity index is 1.28. The van der Waals surface area contributed by atoms with Crippen LogP contribution in [-0.2, 0) is 0 Å². The van der Waals surface area contributed by atoms with Crippen molar-refractivity contribution >= 4 is 43.7 Å². The van der Waals surface area contributed by atoms with E-state index in [1.54, 1.807) is 0 Å². The van der Waals surface area contributed by atoms with Crippen LogP contribution in [0.2, 0.25) is 0 Å². The zero-order chi connectivity index (χ0) is 34.6. The Hall–Kier alpha value is -7.36. The number of fused-ring (bicyclic) bond motifs is 7. The molecular weight excluding hydrogens is 639 g/mol. The normalized spacial score (nSPS) is 11.4. The Labute approximate surface area is 298 Å². The van der Waals surface area contributed by atoms with Gasteiger partial charge in [-0.2, -0.15) is 5.26 Å². The molecule has 10 rings (SSSR count). The molecule has 7 aromatic carbocycles. The Morgan fingerprint density at radius 1 is 0.462 bits per heavy atom. The number of rotatable bonds is 5. The Morgan fingerprint density at radius 2 is 1.08 bits per heavy atom. The highest BCUT2D eigenvalue weighted by atomic mass is 16.3. The average molecular weight is 666 g/mol. The van der Waals surface area contributed by atoms with Gasteiger partial charge in [-0.3, -0.25) is 0 Å². The zero-order valence-corrected chi connectivity index (χ0v) is 27.7. The van der Waals surface area contributed by atoms with E-state index in [9.17, 15) is 5.26 Å². The van der Waals surface area contributed by atoms with E-state index in [2.05, 4.69) is 71.3 Å². The lowest BCUT2D eigenvalue weighted by atomic mass is 9.99. The van der Waals surface area contributed by atoms with Crippen LogP contribution in [0.4, 0.5) is 0 Å². The molecule has 10 aromatic rings. The lowest BCUT2D eigenvalue weighted by Gasteiger charge is -2.14. The summed E-state index contributed by atoms with van der Waals surface area (Å²) in [6.45, 7) is 0. The summed E-state index contributed by atoms with van der Waals surface area (Å²) in [6.07, 6.45) is 0. The molecule has 0 aliphatic rings. The van der Waals surface area contributed by atoms with Gasteiger partial charge in [0.2, 0.25) is 0 Å². The van der Waals surface area contributed by atoms with Gasteiger partial charge in [0, 0.05) is 38.5 Å². The molecule has 0 amide bonds. The van der Waals surface area contributed by atoms with E-state index < -0.39 is 0 Å². The topological polar surface area (TPSA) is 80.5 Å². The quantitative estimate of drug-likeness (QED) is 0.183. The Bertz CT molecular complexity index is 2970. The minimum atomic E-state index is 0.549. The predicted octanol–water partition coefficient (Wildman–Crippen LogP) is 11.4. The molecule has 6 nitrogen and oxygen atoms in total. The van der Waals surface area contributed by atoms with Crippen LogP contribution in [0.25, 0.3) is 94.7 Å². The van der Waals surface area contributed by atoms with Crippen molar-refractivity contribution in [1.82, 2.24) is 19.5 Å². The van der Waals surface area contributed by atoms with Gasteiger partial charge in [0.15, 0.2) is 17.5 Å². The number of hydrogen-bond acceptors (Lipinski definition) is 5. The molecule has 0 saturated carbocycles. The number of benzene rings is 7. The molecule has 0 fully saturated rings. The van der Waals surface area contributed by atoms with Crippen LogP contribution >= 0.6 is 0 Å². The standard InChI is InChI=1S/C46H27N5O/c47-28-29-12-11-17-32(24-29)33-25-34(46-49-44(30-13-3-1-4-14-30)48-45(50-46)31-15-5-2-6-16-31)27-35(26-33)51-39-20-9-7-19-38(39)42-40(51)23-22-37-36-18-8-10-21-41(36)52-43(37)42/h1-27H. The second-order valence-corrected chi connectivity index (χ2v) is 12.8. The summed E-state index contributed by atoms with van der Waals surface area (Å²) in [6, 6.07) is 57.4. The molecule has 52 heavy (non-hydrogen) atoms. The summed E-state index contributed by atoms with van der Waals surface area (Å²) in [5.41, 5.74) is 9.79. The molecule has 6 heteroatoms. The highest BCUT2D eigenvalue weighted by molar-refractivity contribution is 6.23. The van der Waals surface area contributed by atoms with E-state index in [0.717, 1.165) is 77.2 Å². The van der Waals surface area contributed by atoms with Crippen molar-refractivity contribution < 1.29 is 4.42 Å². The average Bonchev–Trinajstić information content (AvgIpc) is 3.77. The van der Waals surface area contributed by atoms with E-state index in [4.69, 9.17) is 19.4 Å². The molecule has 0 N–H and O–H groups in total. The molecular formula is C46H27N5O. The molecule has 3 aromatic heterocycles. The highest BCUT2D eigenvalue weighted by Crippen LogP contribution is 2.41. The molecule has 0 spiro atoms. The number of hydrogen-bond donors (Lipinski definition) is 0. The van der Waals surface area contributed by atoms with Gasteiger partial charge in [-0.25, -0.2) is 15.0 Å². The molecule has 0 aliphatic carbocycles. The van der Waals surface area contributed by atoms with Crippen LogP contribution in [0.5, 0.6) is 0 Å². The second kappa shape index (κ2) is 11.9. The molecule has 242 valence electrons. The number of furan rings is 1. The first kappa shape index (κ1) is 29.5. The van der Waals surface area contributed by atoms with Crippen LogP contribution in [0.1, 0.15) is 5.56 Å². The van der Waals surface area contributed by atoms with Gasteiger partial charge in [-0.1, -0.05) is 109 Å². The minimum Gasteiger partial charge on any atom is -0.455 e. The van der Waals surface area contributed by atoms with Gasteiger partial charge in [0.1, 0.15) is 11.2 Å². The first-order chi connectivity index (χ1) is 25.7. The third-order valence-corrected chi connectivity index (χ3v) is 9.64. The first-order valence-corrected chi connectivity index (χ1v) is 17.1. The van der Waals surface area contributed by atoms with Gasteiger partial charge in [-0.05, 0) is 65.7 Å². The summed E-state index contributed by atoms with van der Waals surface area (Å²) in [5.74, 6) is 1.73. The fourth-order valence-corrected chi connectivity index (χ4v) is 7.26. The SMILES string of the molecule is N#Cc1cccc(-c2cc(-c3nc(-c4ccccc4)nc(-c4ccccc4)n3)cc(-n3c4ccccc4c4c5oc6ccccc6c5ccc43)c2)c1. The maximum absolute atomic E-state index is 9.81. The van der Waals surface area contributed by atoms with Gasteiger partial charge >= 0.3 is 0 Å². The van der Waals surface area contributed by atoms with Gasteiger partial charge in [0.05, 0.1) is 28.1 Å². The maximum Gasteiger partial charge on any atom is 0.164 e. The van der Waals surface area contributed by atoms with Crippen molar-refractivity contribution in [3.8, 4) is 57.0 Å². The van der Waals surface area contributed by atoms with Gasteiger partial charge in [0.25, 0.3) is 0 Å². The monoisotopic (exact) mass is 665 g/mol. The fraction of sp³-hybridized carbons (Fsp3) is 0. The van der Waals surface area contributed by atoms with E-state index >= 15 is 0 Å². The van der Waals surface area contributed by atoms with Crippen molar-refractivity contribution in [2.24, 2.45) is 0 Å². The van der Waals surface area contributed by atoms with Crippen LogP contribution in [0.15, 0.2) is 168 Å². The fourth-order valence-electron chi connectivity index (χ4n) is 7.26. The van der Waals surface area contributed by atoms with Crippen LogP contribution in [0, 0.1) is 11.3 Å². The van der Waals surface area contributed by atoms with E-state index in [1.165, 1.54) is 0 Å². The minimum absolute atomic E-state index is 0.549. The lowest BCUT2D eigenvalue weighted by Crippen LogP contribution is -2.01. The third-order valence-electron chi connectivity index (χ3n) is 9.64. The van der Waals surface area contributed by atoms with E-state index in [-0.39, 0.29) is 0 Å². The first-order valence-electron chi connectivity index (χ1n) is 17.1. The molecule has 0 atom stereocenters. The Morgan fingerprint density at radius 3 is 1.81 bits per heavy atom. The second-order valence-electron chi connectivity index (χ2n) is 12.8. The van der Waals surface area contributed by atoms with Crippen LogP contribution in [0.3, 0.4) is 0 Å². The summed E-state index contributed by atoms with van der Waals surface area (Å²) in [5, 5.41) is 14.1. The van der Waals surface area contributed by atoms with Crippen LogP contribution in [-0.4, -0.2) is 19.5 Å². The molecule has 0 bridgehead atoms. The Kier molecular flexibility index (Phi) is 6.76. The molecule has 0 radical (unpaired) electrons. The predicted molar refractivity (Wildman–Crippen MR) is 208 cm³/mol. The van der Waals surface area contributed by atoms with Crippen LogP contribution < -0.4 is 0 Å². The third kappa shape index (κ3) is 4.84. The lowest BCUT2D eigenvalue weighted by molar-refractivity contribution is 0.673. The van der Waals surface area contributed by atoms with Crippen molar-refractivity contribution in [2.75, 3.05) is 0 Å². The largest absolute Gasteiger partial charge is 0.455 e. The highest BCUT2D eigenvalue weighted by Gasteiger charge is 2.20. The summed E-state index contributed by atoms with van der Waals surface area (Å²) >= 11 is 0. The van der Waals surface area contributed by atoms with Crippen molar-refractivity contribution in [3.05, 3.63) is 169 Å². The zero-order valence-electron chi connectivity index (χ0n) is 27.7. The molecule has 3 heterocycles. The number of aromatic nitrogens is 4. The number of para-hydroxylation sites is 2. The smallest absolute Gasteiger partial charge is 0.164 e. The van der Waals surface area contributed by atoms with Crippen molar-refractivity contribution in [1.29, 1.82) is 5.26 Å². The molecule has 0 saturated heterocycles. The summed E-state index contributed by atoms with van der Waals surface area (Å²) in [4.78, 5) is 15.1. The number of nitrogens with zero attached hydrogens (tertiary/aromatic N) is 5. The van der Waals surface area contributed by atoms with Crippen molar-refractivity contribution in [3.63, 3.8) is 0 Å². The van der Waals surface area contributed by atoms with Gasteiger partial charge < -0.3 is 8.98 Å². The van der Waals surface area contributed by atoms with Gasteiger partial charge in [-0.15, -0.1) is 0 Å². The summed E-state index contributed by atoms with van der Waals surface area (Å²) < 4.78 is 8.86. The maximum atomic E-state index is 9.81. The molecule has 0 unspecified atom stereocenters. The van der Waals surface area contributed by atoms with Crippen molar-refractivity contribution in [2.45, 2.75) is 0 Å². The van der Waals surface area contributed by atoms with E-state index in [1.807, 2.05) is 103 Å². The van der Waals surface area contributed by atoms with E-state index in [0.29, 0.717) is 23.0 Å².